The first-order chi connectivity index (χ1) is 5.20. The molecule has 0 spiro atoms. The first kappa shape index (κ1) is 8.05. The van der Waals surface area contributed by atoms with E-state index in [2.05, 4.69) is 6.07 Å². The van der Waals surface area contributed by atoms with Crippen LogP contribution < -0.4 is 4.74 Å². The van der Waals surface area contributed by atoms with Crippen molar-refractivity contribution in [1.29, 1.82) is 0 Å². The van der Waals surface area contributed by atoms with E-state index in [1.54, 1.807) is 0 Å². The van der Waals surface area contributed by atoms with Crippen LogP contribution in [-0.4, -0.2) is 6.10 Å². The van der Waals surface area contributed by atoms with Gasteiger partial charge < -0.3 is 4.74 Å². The lowest BCUT2D eigenvalue weighted by molar-refractivity contribution is 0.231. The fraction of sp³-hybridized carbons (Fsp3) is 0.333. The molecule has 0 amide bonds. The molecule has 0 bridgehead atoms. The van der Waals surface area contributed by atoms with Crippen LogP contribution in [0.4, 0.5) is 4.39 Å². The number of ether oxygens (including phenoxy) is 1. The second kappa shape index (κ2) is 3.37. The number of hydrogen-bond acceptors (Lipinski definition) is 1. The second-order valence-corrected chi connectivity index (χ2v) is 2.52. The largest absolute Gasteiger partial charge is 0.488 e. The molecule has 1 nitrogen and oxygen atoms in total. The van der Waals surface area contributed by atoms with E-state index in [0.717, 1.165) is 0 Å². The highest BCUT2D eigenvalue weighted by Gasteiger charge is 2.02. The minimum absolute atomic E-state index is 0.000278. The lowest BCUT2D eigenvalue weighted by atomic mass is 10.3. The average Bonchev–Trinajstić information content (AvgIpc) is 1.93. The molecule has 0 aliphatic rings. The lowest BCUT2D eigenvalue weighted by Gasteiger charge is -2.09. The van der Waals surface area contributed by atoms with Gasteiger partial charge in [-0.3, -0.25) is 0 Å². The van der Waals surface area contributed by atoms with E-state index in [-0.39, 0.29) is 17.7 Å². The topological polar surface area (TPSA) is 9.23 Å². The third-order valence-electron chi connectivity index (χ3n) is 1.14. The van der Waals surface area contributed by atoms with Crippen molar-refractivity contribution in [1.82, 2.24) is 0 Å². The number of halogens is 1. The molecule has 1 rings (SSSR count). The Balaban J connectivity index is 2.78. The van der Waals surface area contributed by atoms with E-state index >= 15 is 0 Å². The molecule has 2 heteroatoms. The standard InChI is InChI=1S/C9H10FO/c1-7(2)11-9-6-4-3-5-8(9)10/h3,5-7H,1-2H3. The molecule has 0 aromatic heterocycles. The second-order valence-electron chi connectivity index (χ2n) is 2.52. The van der Waals surface area contributed by atoms with Crippen molar-refractivity contribution < 1.29 is 9.13 Å². The third kappa shape index (κ3) is 2.22. The zero-order chi connectivity index (χ0) is 8.27. The molecule has 0 saturated carbocycles. The summed E-state index contributed by atoms with van der Waals surface area (Å²) in [6, 6.07) is 7.08. The van der Waals surface area contributed by atoms with Gasteiger partial charge in [0.15, 0.2) is 11.6 Å². The van der Waals surface area contributed by atoms with Crippen LogP contribution in [0, 0.1) is 11.9 Å². The first-order valence-electron chi connectivity index (χ1n) is 3.52. The van der Waals surface area contributed by atoms with E-state index < -0.39 is 0 Å². The molecule has 0 atom stereocenters. The van der Waals surface area contributed by atoms with Gasteiger partial charge in [-0.25, -0.2) is 4.39 Å². The summed E-state index contributed by atoms with van der Waals surface area (Å²) >= 11 is 0. The Morgan fingerprint density at radius 1 is 1.55 bits per heavy atom. The Morgan fingerprint density at radius 3 is 2.82 bits per heavy atom. The van der Waals surface area contributed by atoms with E-state index in [1.807, 2.05) is 13.8 Å². The Kier molecular flexibility index (Phi) is 2.47. The first-order valence-corrected chi connectivity index (χ1v) is 3.52. The molecule has 0 saturated heterocycles. The van der Waals surface area contributed by atoms with Gasteiger partial charge in [-0.2, -0.15) is 0 Å². The van der Waals surface area contributed by atoms with E-state index in [1.165, 1.54) is 18.2 Å². The van der Waals surface area contributed by atoms with Crippen LogP contribution in [0.1, 0.15) is 13.8 Å². The number of rotatable bonds is 2. The summed E-state index contributed by atoms with van der Waals surface area (Å²) in [5, 5.41) is 0. The molecule has 1 radical (unpaired) electrons. The summed E-state index contributed by atoms with van der Waals surface area (Å²) in [6.45, 7) is 3.71. The van der Waals surface area contributed by atoms with Gasteiger partial charge in [0.1, 0.15) is 0 Å². The zero-order valence-corrected chi connectivity index (χ0v) is 6.60. The predicted molar refractivity (Wildman–Crippen MR) is 41.0 cm³/mol. The molecule has 0 aliphatic carbocycles. The fourth-order valence-corrected chi connectivity index (χ4v) is 0.740. The summed E-state index contributed by atoms with van der Waals surface area (Å²) in [7, 11) is 0. The highest BCUT2D eigenvalue weighted by atomic mass is 19.1. The van der Waals surface area contributed by atoms with Gasteiger partial charge in [0.05, 0.1) is 6.10 Å². The fourth-order valence-electron chi connectivity index (χ4n) is 0.740. The van der Waals surface area contributed by atoms with Crippen LogP contribution in [-0.2, 0) is 0 Å². The number of hydrogen-bond donors (Lipinski definition) is 0. The average molecular weight is 153 g/mol. The molecule has 0 fully saturated rings. The SMILES string of the molecule is CC(C)Oc1c[c]ccc1F. The zero-order valence-electron chi connectivity index (χ0n) is 6.60. The maximum absolute atomic E-state index is 12.8. The minimum Gasteiger partial charge on any atom is -0.488 e. The molecule has 11 heavy (non-hydrogen) atoms. The maximum atomic E-state index is 12.8. The van der Waals surface area contributed by atoms with E-state index in [9.17, 15) is 4.39 Å². The molecule has 0 unspecified atom stereocenters. The molecule has 1 aromatic carbocycles. The molecule has 1 aromatic rings. The smallest absolute Gasteiger partial charge is 0.165 e. The summed E-state index contributed by atoms with van der Waals surface area (Å²) in [5.41, 5.74) is 0. The maximum Gasteiger partial charge on any atom is 0.165 e. The summed E-state index contributed by atoms with van der Waals surface area (Å²) in [6.07, 6.45) is 0.000278. The third-order valence-corrected chi connectivity index (χ3v) is 1.14. The van der Waals surface area contributed by atoms with Gasteiger partial charge in [-0.15, -0.1) is 0 Å². The molecule has 0 aliphatic heterocycles. The van der Waals surface area contributed by atoms with Crippen LogP contribution in [0.3, 0.4) is 0 Å². The van der Waals surface area contributed by atoms with Crippen molar-refractivity contribution >= 4 is 0 Å². The van der Waals surface area contributed by atoms with Crippen molar-refractivity contribution in [3.63, 3.8) is 0 Å². The van der Waals surface area contributed by atoms with Gasteiger partial charge in [-0.1, -0.05) is 6.07 Å². The quantitative estimate of drug-likeness (QED) is 0.634. The van der Waals surface area contributed by atoms with Crippen molar-refractivity contribution in [2.45, 2.75) is 20.0 Å². The monoisotopic (exact) mass is 153 g/mol. The minimum atomic E-state index is -0.336. The summed E-state index contributed by atoms with van der Waals surface area (Å²) in [4.78, 5) is 0. The van der Waals surface area contributed by atoms with Gasteiger partial charge in [-0.05, 0) is 32.0 Å². The highest BCUT2D eigenvalue weighted by molar-refractivity contribution is 5.22. The molecule has 0 heterocycles. The normalized spacial score (nSPS) is 10.2. The Labute approximate surface area is 65.8 Å². The van der Waals surface area contributed by atoms with Gasteiger partial charge in [0, 0.05) is 0 Å². The van der Waals surface area contributed by atoms with Crippen LogP contribution in [0.25, 0.3) is 0 Å². The van der Waals surface area contributed by atoms with Gasteiger partial charge in [0.2, 0.25) is 0 Å². The van der Waals surface area contributed by atoms with Crippen LogP contribution in [0.5, 0.6) is 5.75 Å². The van der Waals surface area contributed by atoms with Crippen LogP contribution in [0.2, 0.25) is 0 Å². The lowest BCUT2D eigenvalue weighted by Crippen LogP contribution is -2.06. The van der Waals surface area contributed by atoms with Crippen molar-refractivity contribution in [2.75, 3.05) is 0 Å². The van der Waals surface area contributed by atoms with Gasteiger partial charge in [0.25, 0.3) is 0 Å². The van der Waals surface area contributed by atoms with Crippen molar-refractivity contribution in [3.8, 4) is 5.75 Å². The predicted octanol–water partition coefficient (Wildman–Crippen LogP) is 2.41. The Hall–Kier alpha value is -1.05. The Morgan fingerprint density at radius 2 is 2.27 bits per heavy atom. The number of benzene rings is 1. The highest BCUT2D eigenvalue weighted by Crippen LogP contribution is 2.16. The molecular formula is C9H10FO. The van der Waals surface area contributed by atoms with Crippen LogP contribution in [0.15, 0.2) is 18.2 Å². The summed E-state index contributed by atoms with van der Waals surface area (Å²) in [5.74, 6) is -0.0695. The molecule has 0 N–H and O–H groups in total. The van der Waals surface area contributed by atoms with Crippen molar-refractivity contribution in [2.24, 2.45) is 0 Å². The molecular weight excluding hydrogens is 143 g/mol. The molecule has 59 valence electrons. The van der Waals surface area contributed by atoms with E-state index in [4.69, 9.17) is 4.74 Å². The van der Waals surface area contributed by atoms with Crippen molar-refractivity contribution in [3.05, 3.63) is 30.1 Å². The summed E-state index contributed by atoms with van der Waals surface area (Å²) < 4.78 is 17.9. The van der Waals surface area contributed by atoms with Gasteiger partial charge >= 0.3 is 0 Å². The Bertz CT molecular complexity index is 233. The van der Waals surface area contributed by atoms with E-state index in [0.29, 0.717) is 0 Å². The van der Waals surface area contributed by atoms with Crippen LogP contribution >= 0.6 is 0 Å².